The summed E-state index contributed by atoms with van der Waals surface area (Å²) >= 11 is 0. The summed E-state index contributed by atoms with van der Waals surface area (Å²) in [6.07, 6.45) is 1.96. The van der Waals surface area contributed by atoms with Gasteiger partial charge in [0.25, 0.3) is 0 Å². The monoisotopic (exact) mass is 298 g/mol. The van der Waals surface area contributed by atoms with Gasteiger partial charge in [0.1, 0.15) is 0 Å². The number of piperidine rings is 1. The van der Waals surface area contributed by atoms with Crippen LogP contribution in [0.25, 0.3) is 0 Å². The van der Waals surface area contributed by atoms with Crippen LogP contribution in [0, 0.1) is 0 Å². The zero-order chi connectivity index (χ0) is 15.2. The fourth-order valence-electron chi connectivity index (χ4n) is 3.00. The van der Waals surface area contributed by atoms with Gasteiger partial charge < -0.3 is 20.7 Å². The number of hydrogen-bond acceptors (Lipinski definition) is 5. The average molecular weight is 298 g/mol. The standard InChI is InChI=1S/C14H26N4O3/c1-11-8-17(6-7-21-11)14(20)10-18(9-13(15)19)12-2-4-16-5-3-12/h11-12,16H,2-10H2,1H3,(H2,15,19). The molecule has 0 spiro atoms. The molecule has 2 saturated heterocycles. The first-order chi connectivity index (χ1) is 10.1. The van der Waals surface area contributed by atoms with Crippen molar-refractivity contribution >= 4 is 11.8 Å². The molecule has 2 aliphatic rings. The summed E-state index contributed by atoms with van der Waals surface area (Å²) in [6, 6.07) is 0.251. The number of morpholine rings is 1. The lowest BCUT2D eigenvalue weighted by Crippen LogP contribution is -2.53. The number of carbonyl (C=O) groups excluding carboxylic acids is 2. The van der Waals surface area contributed by atoms with Gasteiger partial charge in [0.2, 0.25) is 11.8 Å². The van der Waals surface area contributed by atoms with Crippen LogP contribution >= 0.6 is 0 Å². The molecule has 0 aromatic heterocycles. The molecule has 7 nitrogen and oxygen atoms in total. The lowest BCUT2D eigenvalue weighted by atomic mass is 10.0. The number of hydrogen-bond donors (Lipinski definition) is 2. The minimum Gasteiger partial charge on any atom is -0.375 e. The summed E-state index contributed by atoms with van der Waals surface area (Å²) in [5.41, 5.74) is 5.34. The second-order valence-corrected chi connectivity index (χ2v) is 5.87. The summed E-state index contributed by atoms with van der Waals surface area (Å²) in [6.45, 7) is 6.04. The Labute approximate surface area is 125 Å². The predicted molar refractivity (Wildman–Crippen MR) is 78.7 cm³/mol. The van der Waals surface area contributed by atoms with E-state index in [4.69, 9.17) is 10.5 Å². The molecule has 2 heterocycles. The van der Waals surface area contributed by atoms with E-state index in [9.17, 15) is 9.59 Å². The van der Waals surface area contributed by atoms with Gasteiger partial charge in [-0.15, -0.1) is 0 Å². The Balaban J connectivity index is 1.93. The largest absolute Gasteiger partial charge is 0.375 e. The van der Waals surface area contributed by atoms with Crippen LogP contribution in [-0.4, -0.2) is 79.6 Å². The van der Waals surface area contributed by atoms with Crippen molar-refractivity contribution < 1.29 is 14.3 Å². The van der Waals surface area contributed by atoms with Crippen molar-refractivity contribution in [2.24, 2.45) is 5.73 Å². The normalized spacial score (nSPS) is 24.3. The smallest absolute Gasteiger partial charge is 0.236 e. The molecule has 21 heavy (non-hydrogen) atoms. The van der Waals surface area contributed by atoms with Crippen LogP contribution in [0.4, 0.5) is 0 Å². The Hall–Kier alpha value is -1.18. The van der Waals surface area contributed by atoms with E-state index in [1.807, 2.05) is 16.7 Å². The van der Waals surface area contributed by atoms with E-state index in [1.165, 1.54) is 0 Å². The molecule has 0 aliphatic carbocycles. The maximum absolute atomic E-state index is 12.4. The number of nitrogens with one attached hydrogen (secondary N) is 1. The molecule has 1 unspecified atom stereocenters. The first-order valence-corrected chi connectivity index (χ1v) is 7.68. The predicted octanol–water partition coefficient (Wildman–Crippen LogP) is -1.23. The van der Waals surface area contributed by atoms with Crippen LogP contribution in [0.15, 0.2) is 0 Å². The lowest BCUT2D eigenvalue weighted by Gasteiger charge is -2.36. The summed E-state index contributed by atoms with van der Waals surface area (Å²) in [4.78, 5) is 27.5. The maximum atomic E-state index is 12.4. The molecule has 2 amide bonds. The van der Waals surface area contributed by atoms with Crippen LogP contribution in [0.2, 0.25) is 0 Å². The first-order valence-electron chi connectivity index (χ1n) is 7.68. The maximum Gasteiger partial charge on any atom is 0.236 e. The molecule has 120 valence electrons. The second kappa shape index (κ2) is 7.72. The quantitative estimate of drug-likeness (QED) is 0.664. The Morgan fingerprint density at radius 3 is 2.67 bits per heavy atom. The Morgan fingerprint density at radius 2 is 2.05 bits per heavy atom. The summed E-state index contributed by atoms with van der Waals surface area (Å²) < 4.78 is 5.45. The molecule has 2 aliphatic heterocycles. The van der Waals surface area contributed by atoms with Crippen molar-refractivity contribution in [3.63, 3.8) is 0 Å². The molecule has 0 aromatic rings. The van der Waals surface area contributed by atoms with Crippen molar-refractivity contribution in [1.29, 1.82) is 0 Å². The number of nitrogens with two attached hydrogens (primary N) is 1. The molecule has 3 N–H and O–H groups in total. The van der Waals surface area contributed by atoms with Crippen molar-refractivity contribution in [3.8, 4) is 0 Å². The third kappa shape index (κ3) is 4.94. The number of rotatable bonds is 5. The highest BCUT2D eigenvalue weighted by Crippen LogP contribution is 2.13. The minimum atomic E-state index is -0.378. The van der Waals surface area contributed by atoms with Crippen molar-refractivity contribution in [1.82, 2.24) is 15.1 Å². The molecule has 0 bridgehead atoms. The third-order valence-electron chi connectivity index (χ3n) is 4.12. The van der Waals surface area contributed by atoms with E-state index in [0.29, 0.717) is 19.7 Å². The Bertz CT molecular complexity index is 371. The third-order valence-corrected chi connectivity index (χ3v) is 4.12. The molecule has 7 heteroatoms. The number of primary amides is 1. The molecule has 2 rings (SSSR count). The van der Waals surface area contributed by atoms with E-state index in [0.717, 1.165) is 25.9 Å². The summed E-state index contributed by atoms with van der Waals surface area (Å²) in [5, 5.41) is 3.29. The van der Waals surface area contributed by atoms with Crippen LogP contribution in [0.5, 0.6) is 0 Å². The zero-order valence-electron chi connectivity index (χ0n) is 12.7. The van der Waals surface area contributed by atoms with Crippen LogP contribution in [0.1, 0.15) is 19.8 Å². The van der Waals surface area contributed by atoms with Crippen LogP contribution < -0.4 is 11.1 Å². The number of amides is 2. The number of ether oxygens (including phenoxy) is 1. The highest BCUT2D eigenvalue weighted by Gasteiger charge is 2.28. The van der Waals surface area contributed by atoms with Gasteiger partial charge in [-0.05, 0) is 32.9 Å². The van der Waals surface area contributed by atoms with Gasteiger partial charge in [-0.2, -0.15) is 0 Å². The minimum absolute atomic E-state index is 0.0601. The van der Waals surface area contributed by atoms with E-state index < -0.39 is 0 Å². The molecule has 0 saturated carbocycles. The zero-order valence-corrected chi connectivity index (χ0v) is 12.7. The van der Waals surface area contributed by atoms with Crippen LogP contribution in [0.3, 0.4) is 0 Å². The summed E-state index contributed by atoms with van der Waals surface area (Å²) in [7, 11) is 0. The number of nitrogens with zero attached hydrogens (tertiary/aromatic N) is 2. The Morgan fingerprint density at radius 1 is 1.33 bits per heavy atom. The fraction of sp³-hybridized carbons (Fsp3) is 0.857. The highest BCUT2D eigenvalue weighted by molar-refractivity contribution is 5.80. The van der Waals surface area contributed by atoms with E-state index in [2.05, 4.69) is 5.32 Å². The second-order valence-electron chi connectivity index (χ2n) is 5.87. The van der Waals surface area contributed by atoms with Crippen molar-refractivity contribution in [2.45, 2.75) is 31.9 Å². The van der Waals surface area contributed by atoms with E-state index in [1.54, 1.807) is 0 Å². The van der Waals surface area contributed by atoms with Gasteiger partial charge in [0, 0.05) is 19.1 Å². The topological polar surface area (TPSA) is 87.9 Å². The van der Waals surface area contributed by atoms with Crippen molar-refractivity contribution in [2.75, 3.05) is 45.9 Å². The van der Waals surface area contributed by atoms with Crippen molar-refractivity contribution in [3.05, 3.63) is 0 Å². The van der Waals surface area contributed by atoms with Crippen LogP contribution in [-0.2, 0) is 14.3 Å². The van der Waals surface area contributed by atoms with E-state index in [-0.39, 0.29) is 37.0 Å². The van der Waals surface area contributed by atoms with Gasteiger partial charge in [0.15, 0.2) is 0 Å². The Kier molecular flexibility index (Phi) is 5.96. The highest BCUT2D eigenvalue weighted by atomic mass is 16.5. The summed E-state index contributed by atoms with van der Waals surface area (Å²) in [5.74, 6) is -0.318. The molecule has 0 radical (unpaired) electrons. The molecular weight excluding hydrogens is 272 g/mol. The van der Waals surface area contributed by atoms with Gasteiger partial charge in [-0.25, -0.2) is 0 Å². The number of carbonyl (C=O) groups is 2. The molecule has 0 aromatic carbocycles. The first kappa shape index (κ1) is 16.2. The van der Waals surface area contributed by atoms with E-state index >= 15 is 0 Å². The van der Waals surface area contributed by atoms with Gasteiger partial charge in [-0.3, -0.25) is 14.5 Å². The average Bonchev–Trinajstić information content (AvgIpc) is 2.47. The van der Waals surface area contributed by atoms with Gasteiger partial charge in [0.05, 0.1) is 25.8 Å². The molecule has 1 atom stereocenters. The lowest BCUT2D eigenvalue weighted by molar-refractivity contribution is -0.140. The fourth-order valence-corrected chi connectivity index (χ4v) is 3.00. The molecule has 2 fully saturated rings. The SMILES string of the molecule is CC1CN(C(=O)CN(CC(N)=O)C2CCNCC2)CCO1. The molecular formula is C14H26N4O3. The van der Waals surface area contributed by atoms with Gasteiger partial charge in [-0.1, -0.05) is 0 Å². The van der Waals surface area contributed by atoms with Gasteiger partial charge >= 0.3 is 0 Å².